The average Bonchev–Trinajstić information content (AvgIpc) is 2.80. The van der Waals surface area contributed by atoms with E-state index in [0.29, 0.717) is 12.3 Å². The normalized spacial score (nSPS) is 14.2. The number of para-hydroxylation sites is 1. The highest BCUT2D eigenvalue weighted by molar-refractivity contribution is 7.15. The molecule has 1 aromatic carbocycles. The second-order valence-electron chi connectivity index (χ2n) is 4.58. The van der Waals surface area contributed by atoms with E-state index >= 15 is 0 Å². The summed E-state index contributed by atoms with van der Waals surface area (Å²) in [6, 6.07) is 7.41. The third-order valence-electron chi connectivity index (χ3n) is 3.27. The summed E-state index contributed by atoms with van der Waals surface area (Å²) in [5.41, 5.74) is 2.18. The van der Waals surface area contributed by atoms with Gasteiger partial charge in [0.25, 0.3) is 0 Å². The van der Waals surface area contributed by atoms with E-state index in [1.165, 1.54) is 29.8 Å². The van der Waals surface area contributed by atoms with Gasteiger partial charge >= 0.3 is 0 Å². The third kappa shape index (κ3) is 2.34. The number of nitrogens with zero attached hydrogens (tertiary/aromatic N) is 1. The highest BCUT2D eigenvalue weighted by atomic mass is 32.1. The SMILES string of the molecule is Oc1ccccc1CNc1nc2c(s1)CCCC2. The van der Waals surface area contributed by atoms with Crippen LogP contribution in [0, 0.1) is 0 Å². The molecule has 1 aliphatic rings. The van der Waals surface area contributed by atoms with Gasteiger partial charge in [-0.05, 0) is 31.7 Å². The molecule has 0 spiro atoms. The molecular formula is C14H16N2OS. The average molecular weight is 260 g/mol. The first-order valence-electron chi connectivity index (χ1n) is 6.32. The quantitative estimate of drug-likeness (QED) is 0.889. The summed E-state index contributed by atoms with van der Waals surface area (Å²) in [5.74, 6) is 0.339. The summed E-state index contributed by atoms with van der Waals surface area (Å²) in [5, 5.41) is 14.0. The molecule has 1 aromatic heterocycles. The van der Waals surface area contributed by atoms with Gasteiger partial charge in [0.1, 0.15) is 5.75 Å². The molecular weight excluding hydrogens is 244 g/mol. The monoisotopic (exact) mass is 260 g/mol. The maximum Gasteiger partial charge on any atom is 0.183 e. The van der Waals surface area contributed by atoms with Gasteiger partial charge in [-0.15, -0.1) is 11.3 Å². The van der Waals surface area contributed by atoms with Gasteiger partial charge in [-0.25, -0.2) is 4.98 Å². The fraction of sp³-hybridized carbons (Fsp3) is 0.357. The van der Waals surface area contributed by atoms with Crippen LogP contribution >= 0.6 is 11.3 Å². The lowest BCUT2D eigenvalue weighted by Crippen LogP contribution is -2.00. The molecule has 0 aliphatic heterocycles. The molecule has 0 saturated carbocycles. The lowest BCUT2D eigenvalue weighted by molar-refractivity contribution is 0.469. The summed E-state index contributed by atoms with van der Waals surface area (Å²) in [7, 11) is 0. The summed E-state index contributed by atoms with van der Waals surface area (Å²) in [6.07, 6.45) is 4.83. The number of phenols is 1. The topological polar surface area (TPSA) is 45.1 Å². The summed E-state index contributed by atoms with van der Waals surface area (Å²) in [4.78, 5) is 6.05. The number of thiazole rings is 1. The number of nitrogens with one attached hydrogen (secondary N) is 1. The zero-order valence-electron chi connectivity index (χ0n) is 10.1. The minimum Gasteiger partial charge on any atom is -0.508 e. The Hall–Kier alpha value is -1.55. The number of anilines is 1. The predicted molar refractivity (Wildman–Crippen MR) is 74.2 cm³/mol. The van der Waals surface area contributed by atoms with Crippen molar-refractivity contribution in [3.63, 3.8) is 0 Å². The number of fused-ring (bicyclic) bond motifs is 1. The molecule has 0 radical (unpaired) electrons. The number of hydrogen-bond acceptors (Lipinski definition) is 4. The molecule has 2 aromatic rings. The fourth-order valence-corrected chi connectivity index (χ4v) is 3.30. The zero-order chi connectivity index (χ0) is 12.4. The molecule has 0 atom stereocenters. The smallest absolute Gasteiger partial charge is 0.183 e. The Bertz CT molecular complexity index is 527. The molecule has 0 amide bonds. The van der Waals surface area contributed by atoms with Crippen molar-refractivity contribution in [3.8, 4) is 5.75 Å². The van der Waals surface area contributed by atoms with Crippen LogP contribution in [-0.4, -0.2) is 10.1 Å². The van der Waals surface area contributed by atoms with E-state index in [1.54, 1.807) is 17.4 Å². The van der Waals surface area contributed by atoms with Gasteiger partial charge in [0.05, 0.1) is 5.69 Å². The molecule has 0 saturated heterocycles. The van der Waals surface area contributed by atoms with E-state index in [9.17, 15) is 5.11 Å². The van der Waals surface area contributed by atoms with E-state index in [1.807, 2.05) is 18.2 Å². The van der Waals surface area contributed by atoms with Crippen molar-refractivity contribution < 1.29 is 5.11 Å². The number of aromatic hydroxyl groups is 1. The Balaban J connectivity index is 1.70. The van der Waals surface area contributed by atoms with Crippen LogP contribution in [0.1, 0.15) is 29.0 Å². The lowest BCUT2D eigenvalue weighted by atomic mass is 10.0. The first-order chi connectivity index (χ1) is 8.83. The van der Waals surface area contributed by atoms with Gasteiger partial charge in [0.15, 0.2) is 5.13 Å². The number of hydrogen-bond donors (Lipinski definition) is 2. The van der Waals surface area contributed by atoms with Crippen molar-refractivity contribution in [3.05, 3.63) is 40.4 Å². The van der Waals surface area contributed by atoms with E-state index in [4.69, 9.17) is 0 Å². The van der Waals surface area contributed by atoms with E-state index in [0.717, 1.165) is 17.1 Å². The second kappa shape index (κ2) is 4.98. The Morgan fingerprint density at radius 1 is 1.22 bits per heavy atom. The van der Waals surface area contributed by atoms with Crippen molar-refractivity contribution in [2.75, 3.05) is 5.32 Å². The van der Waals surface area contributed by atoms with Gasteiger partial charge in [-0.1, -0.05) is 18.2 Å². The zero-order valence-corrected chi connectivity index (χ0v) is 11.0. The molecule has 0 fully saturated rings. The second-order valence-corrected chi connectivity index (χ2v) is 5.66. The van der Waals surface area contributed by atoms with Crippen molar-refractivity contribution in [1.29, 1.82) is 0 Å². The Kier molecular flexibility index (Phi) is 3.19. The Morgan fingerprint density at radius 2 is 2.06 bits per heavy atom. The van der Waals surface area contributed by atoms with Crippen molar-refractivity contribution >= 4 is 16.5 Å². The number of phenolic OH excluding ortho intramolecular Hbond substituents is 1. The summed E-state index contributed by atoms with van der Waals surface area (Å²) < 4.78 is 0. The predicted octanol–water partition coefficient (Wildman–Crippen LogP) is 3.34. The van der Waals surface area contributed by atoms with Crippen LogP contribution in [0.15, 0.2) is 24.3 Å². The molecule has 3 rings (SSSR count). The Labute approximate surface area is 111 Å². The third-order valence-corrected chi connectivity index (χ3v) is 4.38. The summed E-state index contributed by atoms with van der Waals surface area (Å²) >= 11 is 1.76. The minimum atomic E-state index is 0.339. The molecule has 0 unspecified atom stereocenters. The molecule has 94 valence electrons. The summed E-state index contributed by atoms with van der Waals surface area (Å²) in [6.45, 7) is 0.624. The first-order valence-corrected chi connectivity index (χ1v) is 7.14. The highest BCUT2D eigenvalue weighted by Gasteiger charge is 2.14. The van der Waals surface area contributed by atoms with Gasteiger partial charge in [-0.2, -0.15) is 0 Å². The van der Waals surface area contributed by atoms with Gasteiger partial charge in [-0.3, -0.25) is 0 Å². The molecule has 4 heteroatoms. The number of aromatic nitrogens is 1. The molecule has 18 heavy (non-hydrogen) atoms. The fourth-order valence-electron chi connectivity index (χ4n) is 2.26. The van der Waals surface area contributed by atoms with E-state index in [-0.39, 0.29) is 0 Å². The number of benzene rings is 1. The van der Waals surface area contributed by atoms with Crippen LogP contribution in [0.4, 0.5) is 5.13 Å². The van der Waals surface area contributed by atoms with Crippen molar-refractivity contribution in [1.82, 2.24) is 4.98 Å². The van der Waals surface area contributed by atoms with E-state index < -0.39 is 0 Å². The highest BCUT2D eigenvalue weighted by Crippen LogP contribution is 2.30. The standard InChI is InChI=1S/C14H16N2OS/c17-12-7-3-1-5-10(12)9-15-14-16-11-6-2-4-8-13(11)18-14/h1,3,5,7,17H,2,4,6,8-9H2,(H,15,16). The van der Waals surface area contributed by atoms with Crippen LogP contribution in [-0.2, 0) is 19.4 Å². The van der Waals surface area contributed by atoms with Crippen LogP contribution < -0.4 is 5.32 Å². The van der Waals surface area contributed by atoms with Gasteiger partial charge < -0.3 is 10.4 Å². The lowest BCUT2D eigenvalue weighted by Gasteiger charge is -2.06. The van der Waals surface area contributed by atoms with Gasteiger partial charge in [0, 0.05) is 17.0 Å². The molecule has 2 N–H and O–H groups in total. The minimum absolute atomic E-state index is 0.339. The van der Waals surface area contributed by atoms with Crippen LogP contribution in [0.3, 0.4) is 0 Å². The number of rotatable bonds is 3. The molecule has 0 bridgehead atoms. The maximum absolute atomic E-state index is 9.69. The molecule has 1 aliphatic carbocycles. The largest absolute Gasteiger partial charge is 0.508 e. The first kappa shape index (κ1) is 11.5. The van der Waals surface area contributed by atoms with Crippen molar-refractivity contribution in [2.24, 2.45) is 0 Å². The van der Waals surface area contributed by atoms with Crippen LogP contribution in [0.5, 0.6) is 5.75 Å². The molecule has 3 nitrogen and oxygen atoms in total. The van der Waals surface area contributed by atoms with E-state index in [2.05, 4.69) is 10.3 Å². The Morgan fingerprint density at radius 3 is 2.89 bits per heavy atom. The van der Waals surface area contributed by atoms with Crippen molar-refractivity contribution in [2.45, 2.75) is 32.2 Å². The maximum atomic E-state index is 9.69. The van der Waals surface area contributed by atoms with Crippen LogP contribution in [0.2, 0.25) is 0 Å². The number of aryl methyl sites for hydroxylation is 2. The van der Waals surface area contributed by atoms with Crippen LogP contribution in [0.25, 0.3) is 0 Å². The van der Waals surface area contributed by atoms with Gasteiger partial charge in [0.2, 0.25) is 0 Å². The molecule has 1 heterocycles.